The van der Waals surface area contributed by atoms with Crippen molar-refractivity contribution in [3.05, 3.63) is 45.8 Å². The number of nitrogens with zero attached hydrogens (tertiary/aromatic N) is 5. The summed E-state index contributed by atoms with van der Waals surface area (Å²) in [5.74, 6) is 0.0826. The smallest absolute Gasteiger partial charge is 0.330 e. The second-order valence-corrected chi connectivity index (χ2v) is 13.2. The molecule has 47 heavy (non-hydrogen) atoms. The van der Waals surface area contributed by atoms with E-state index in [9.17, 15) is 33.6 Å². The number of nitrogens with two attached hydrogens (primary N) is 1. The Morgan fingerprint density at radius 1 is 1.04 bits per heavy atom. The number of methoxy groups -OCH3 is 1. The Balaban J connectivity index is 1.36. The van der Waals surface area contributed by atoms with Gasteiger partial charge in [0.15, 0.2) is 23.9 Å². The van der Waals surface area contributed by atoms with Crippen LogP contribution in [0.25, 0.3) is 11.2 Å². The Kier molecular flexibility index (Phi) is 10.4. The zero-order valence-corrected chi connectivity index (χ0v) is 26.6. The van der Waals surface area contributed by atoms with Gasteiger partial charge in [-0.05, 0) is 13.8 Å². The largest absolute Gasteiger partial charge is 0.756 e. The monoisotopic (exact) mass is 707 g/mol. The van der Waals surface area contributed by atoms with Crippen LogP contribution in [-0.2, 0) is 41.6 Å². The van der Waals surface area contributed by atoms with Crippen LogP contribution in [0, 0.1) is 0 Å². The van der Waals surface area contributed by atoms with Gasteiger partial charge in [-0.2, -0.15) is 0 Å². The van der Waals surface area contributed by atoms with Crippen LogP contribution in [0.15, 0.2) is 34.5 Å². The Bertz CT molecular complexity index is 1780. The van der Waals surface area contributed by atoms with E-state index in [0.29, 0.717) is 0 Å². The lowest BCUT2D eigenvalue weighted by Crippen LogP contribution is -2.41. The van der Waals surface area contributed by atoms with Crippen LogP contribution in [0.2, 0.25) is 0 Å². The number of anilines is 1. The zero-order chi connectivity index (χ0) is 34.3. The van der Waals surface area contributed by atoms with Gasteiger partial charge in [-0.15, -0.1) is 0 Å². The first-order chi connectivity index (χ1) is 22.1. The number of aliphatic hydroxyl groups is 1. The summed E-state index contributed by atoms with van der Waals surface area (Å²) in [5, 5.41) is 11.2. The first-order valence-corrected chi connectivity index (χ1v) is 16.8. The Hall–Kier alpha value is -2.95. The molecule has 0 amide bonds. The van der Waals surface area contributed by atoms with Crippen LogP contribution in [0.3, 0.4) is 0 Å². The normalized spacial score (nSPS) is 30.6. The topological polar surface area (TPSA) is 310 Å². The zero-order valence-electron chi connectivity index (χ0n) is 24.8. The molecular formula is C23H31N7O15P2-2. The standard InChI is InChI=1S/C23H33N7O15P2/c1-10(2)42-16-11(43-21(15(16)32)30-9-27-14-19(24)25-8-26-20(14)30)7-41-47(37,38)45-17-12(6-40-46(34,35)36)44-22(18(17)39-3)29-5-4-13(31)28-23(29)33/h4-5,8-12,15-18,21-22,32H,6-7H2,1-3H3,(H,37,38)(H2,24,25,26)(H,28,31,33)(H2,34,35,36)/p-2/t11-,12-,15?,16+,17+,18?,21-,22-/m1/s1. The average molecular weight is 707 g/mol. The van der Waals surface area contributed by atoms with Crippen molar-refractivity contribution < 1.29 is 61.4 Å². The highest BCUT2D eigenvalue weighted by atomic mass is 31.2. The molecule has 3 aromatic heterocycles. The van der Waals surface area contributed by atoms with Gasteiger partial charge in [-0.3, -0.25) is 28.0 Å². The van der Waals surface area contributed by atoms with Crippen molar-refractivity contribution in [2.45, 2.75) is 69.0 Å². The second kappa shape index (κ2) is 13.9. The van der Waals surface area contributed by atoms with Gasteiger partial charge in [0.1, 0.15) is 48.5 Å². The van der Waals surface area contributed by atoms with Crippen molar-refractivity contribution in [2.75, 3.05) is 26.1 Å². The minimum absolute atomic E-state index is 0.0826. The summed E-state index contributed by atoms with van der Waals surface area (Å²) < 4.78 is 64.3. The number of aliphatic hydroxyl groups excluding tert-OH is 1. The Labute approximate surface area is 264 Å². The minimum Gasteiger partial charge on any atom is -0.756 e. The molecule has 0 bridgehead atoms. The summed E-state index contributed by atoms with van der Waals surface area (Å²) in [6.45, 7) is 1.67. The number of aromatic nitrogens is 6. The van der Waals surface area contributed by atoms with Gasteiger partial charge < -0.3 is 58.0 Å². The van der Waals surface area contributed by atoms with E-state index in [4.69, 9.17) is 38.6 Å². The van der Waals surface area contributed by atoms with Crippen LogP contribution in [0.1, 0.15) is 26.3 Å². The van der Waals surface area contributed by atoms with Crippen molar-refractivity contribution in [3.8, 4) is 0 Å². The van der Waals surface area contributed by atoms with E-state index < -0.39 is 95.3 Å². The lowest BCUT2D eigenvalue weighted by molar-refractivity contribution is -0.238. The van der Waals surface area contributed by atoms with E-state index in [1.807, 2.05) is 4.98 Å². The van der Waals surface area contributed by atoms with Gasteiger partial charge in [0, 0.05) is 19.4 Å². The predicted octanol–water partition coefficient (Wildman–Crippen LogP) is -2.73. The molecule has 2 aliphatic rings. The van der Waals surface area contributed by atoms with E-state index in [-0.39, 0.29) is 17.0 Å². The fourth-order valence-electron chi connectivity index (χ4n) is 5.21. The number of phosphoric acid groups is 2. The lowest BCUT2D eigenvalue weighted by Gasteiger charge is -2.32. The molecule has 5 heterocycles. The summed E-state index contributed by atoms with van der Waals surface area (Å²) in [5.41, 5.74) is 4.62. The molecule has 0 radical (unpaired) electrons. The molecule has 2 saturated heterocycles. The Morgan fingerprint density at radius 2 is 1.72 bits per heavy atom. The SMILES string of the molecule is COC1[C@@H](OP(=O)([O-])OC[C@H]2O[C@@H](n3cnc4c(N)ncnc43)C(O)[C@H]2OC(C)C)[C@@H](COP(=O)([O-])O)O[C@H]1n1ccc(=O)[nH]c1=O. The predicted molar refractivity (Wildman–Crippen MR) is 150 cm³/mol. The van der Waals surface area contributed by atoms with E-state index >= 15 is 0 Å². The van der Waals surface area contributed by atoms with Crippen LogP contribution in [-0.4, -0.2) is 102 Å². The molecule has 5 rings (SSSR count). The molecule has 22 nitrogen and oxygen atoms in total. The molecular weight excluding hydrogens is 676 g/mol. The van der Waals surface area contributed by atoms with Crippen molar-refractivity contribution in [3.63, 3.8) is 0 Å². The van der Waals surface area contributed by atoms with Crippen LogP contribution in [0.4, 0.5) is 5.82 Å². The highest BCUT2D eigenvalue weighted by Crippen LogP contribution is 2.47. The van der Waals surface area contributed by atoms with E-state index in [0.717, 1.165) is 23.9 Å². The number of aromatic amines is 1. The molecule has 0 aliphatic carbocycles. The maximum atomic E-state index is 13.2. The van der Waals surface area contributed by atoms with Crippen LogP contribution < -0.4 is 26.8 Å². The van der Waals surface area contributed by atoms with Crippen LogP contribution >= 0.6 is 15.6 Å². The number of H-pyrrole nitrogens is 1. The van der Waals surface area contributed by atoms with Gasteiger partial charge in [0.05, 0.1) is 25.6 Å². The molecule has 2 fully saturated rings. The number of hydrogen-bond acceptors (Lipinski definition) is 18. The highest BCUT2D eigenvalue weighted by molar-refractivity contribution is 7.46. The molecule has 0 aromatic carbocycles. The van der Waals surface area contributed by atoms with E-state index in [1.54, 1.807) is 13.8 Å². The number of hydrogen-bond donors (Lipinski definition) is 4. The summed E-state index contributed by atoms with van der Waals surface area (Å²) in [7, 11) is -9.59. The second-order valence-electron chi connectivity index (χ2n) is 10.6. The maximum absolute atomic E-state index is 13.2. The first kappa shape index (κ1) is 35.4. The number of ether oxygens (including phenoxy) is 4. The molecule has 2 aliphatic heterocycles. The first-order valence-electron chi connectivity index (χ1n) is 13.8. The van der Waals surface area contributed by atoms with Crippen molar-refractivity contribution >= 4 is 32.6 Å². The highest BCUT2D eigenvalue weighted by Gasteiger charge is 2.50. The summed E-state index contributed by atoms with van der Waals surface area (Å²) in [6, 6.07) is 0.978. The van der Waals surface area contributed by atoms with Gasteiger partial charge >= 0.3 is 5.69 Å². The van der Waals surface area contributed by atoms with Crippen LogP contribution in [0.5, 0.6) is 0 Å². The molecule has 4 unspecified atom stereocenters. The van der Waals surface area contributed by atoms with Crippen molar-refractivity contribution in [1.82, 2.24) is 29.1 Å². The molecule has 24 heteroatoms. The maximum Gasteiger partial charge on any atom is 0.330 e. The average Bonchev–Trinajstić information content (AvgIpc) is 3.64. The van der Waals surface area contributed by atoms with E-state index in [2.05, 4.69) is 19.5 Å². The summed E-state index contributed by atoms with van der Waals surface area (Å²) >= 11 is 0. The summed E-state index contributed by atoms with van der Waals surface area (Å²) in [6.07, 6.45) is -7.96. The number of rotatable bonds is 13. The lowest BCUT2D eigenvalue weighted by atomic mass is 10.1. The van der Waals surface area contributed by atoms with Crippen molar-refractivity contribution in [1.29, 1.82) is 0 Å². The van der Waals surface area contributed by atoms with Gasteiger partial charge in [-0.25, -0.2) is 19.7 Å². The minimum atomic E-state index is -5.38. The quantitative estimate of drug-likeness (QED) is 0.131. The molecule has 260 valence electrons. The number of phosphoric ester groups is 2. The molecule has 0 saturated carbocycles. The fraction of sp³-hybridized carbons (Fsp3) is 0.609. The number of nitrogens with one attached hydrogen (secondary N) is 1. The van der Waals surface area contributed by atoms with E-state index in [1.165, 1.54) is 17.2 Å². The molecule has 10 atom stereocenters. The fourth-order valence-corrected chi connectivity index (χ4v) is 6.49. The molecule has 5 N–H and O–H groups in total. The third-order valence-electron chi connectivity index (χ3n) is 7.13. The Morgan fingerprint density at radius 3 is 2.38 bits per heavy atom. The molecule has 0 spiro atoms. The number of imidazole rings is 1. The third kappa shape index (κ3) is 7.86. The van der Waals surface area contributed by atoms with Crippen molar-refractivity contribution in [2.24, 2.45) is 0 Å². The third-order valence-corrected chi connectivity index (χ3v) is 8.57. The number of fused-ring (bicyclic) bond motifs is 1. The summed E-state index contributed by atoms with van der Waals surface area (Å²) in [4.78, 5) is 71.7. The number of nitrogen functional groups attached to an aromatic ring is 1. The van der Waals surface area contributed by atoms with Gasteiger partial charge in [0.25, 0.3) is 21.2 Å². The van der Waals surface area contributed by atoms with Gasteiger partial charge in [-0.1, -0.05) is 0 Å². The van der Waals surface area contributed by atoms with Gasteiger partial charge in [0.2, 0.25) is 0 Å². The molecule has 3 aromatic rings.